The lowest BCUT2D eigenvalue weighted by atomic mass is 9.51. The maximum Gasteiger partial charge on any atom is 0.308 e. The molecule has 9 heteroatoms. The molecule has 2 saturated carbocycles. The topological polar surface area (TPSA) is 79.3 Å². The first-order valence-electron chi connectivity index (χ1n) is 14.3. The zero-order chi connectivity index (χ0) is 27.9. The first-order chi connectivity index (χ1) is 19.2. The second-order valence-electron chi connectivity index (χ2n) is 12.4. The molecular weight excluding hydrogens is 551 g/mol. The molecule has 1 amide bonds. The van der Waals surface area contributed by atoms with Gasteiger partial charge in [-0.25, -0.2) is 0 Å². The molecule has 2 aromatic carbocycles. The van der Waals surface area contributed by atoms with Crippen molar-refractivity contribution in [2.75, 3.05) is 20.1 Å². The van der Waals surface area contributed by atoms with Crippen LogP contribution in [0, 0.1) is 11.8 Å². The molecule has 3 aliphatic carbocycles. The fourth-order valence-corrected chi connectivity index (χ4v) is 8.63. The number of aliphatic hydroxyl groups excluding tert-OH is 1. The Labute approximate surface area is 244 Å². The van der Waals surface area contributed by atoms with Gasteiger partial charge in [-0.2, -0.15) is 0 Å². The monoisotopic (exact) mass is 584 g/mol. The fraction of sp³-hybridized carbons (Fsp3) is 0.548. The third kappa shape index (κ3) is 4.07. The molecule has 2 heterocycles. The Morgan fingerprint density at radius 1 is 1.20 bits per heavy atom. The Balaban J connectivity index is 1.24. The number of carbonyl (C=O) groups is 2. The Bertz CT molecular complexity index is 1400. The number of halogens is 2. The first-order valence-corrected chi connectivity index (χ1v) is 15.1. The van der Waals surface area contributed by atoms with Crippen molar-refractivity contribution in [3.63, 3.8) is 0 Å². The lowest BCUT2D eigenvalue weighted by Crippen LogP contribution is -2.69. The van der Waals surface area contributed by atoms with E-state index in [4.69, 9.17) is 32.7 Å². The number of hydrogen-bond acceptors (Lipinski definition) is 6. The third-order valence-electron chi connectivity index (χ3n) is 10.2. The number of likely N-dealkylation sites (N-methyl/N-ethyl adjacent to an activating group) is 1. The molecule has 0 radical (unpaired) electrons. The summed E-state index contributed by atoms with van der Waals surface area (Å²) in [4.78, 5) is 30.1. The molecule has 2 unspecified atom stereocenters. The number of aliphatic hydroxyl groups is 1. The molecule has 0 aromatic heterocycles. The predicted octanol–water partition coefficient (Wildman–Crippen LogP) is 4.41. The summed E-state index contributed by atoms with van der Waals surface area (Å²) in [5, 5.41) is 11.0. The number of ether oxygens (including phenoxy) is 2. The SMILES string of the molecule is CC(=O)Oc1ccc2c3c1O[C@H]1[C@@H](N(C)C(=O)Cc4ccc(Cl)c(Cl)c4)CC[C@H]4[C@@H](C2)N(CC2CC2O)CC[C@@]341. The van der Waals surface area contributed by atoms with Crippen molar-refractivity contribution >= 4 is 35.1 Å². The van der Waals surface area contributed by atoms with Crippen molar-refractivity contribution < 1.29 is 24.2 Å². The van der Waals surface area contributed by atoms with Crippen LogP contribution < -0.4 is 9.47 Å². The molecular formula is C31H34Cl2N2O5. The molecule has 1 saturated heterocycles. The van der Waals surface area contributed by atoms with Crippen LogP contribution in [0.2, 0.25) is 10.0 Å². The van der Waals surface area contributed by atoms with E-state index in [1.807, 2.05) is 24.1 Å². The van der Waals surface area contributed by atoms with Crippen molar-refractivity contribution in [3.05, 3.63) is 57.1 Å². The Morgan fingerprint density at radius 2 is 2.00 bits per heavy atom. The molecule has 3 fully saturated rings. The van der Waals surface area contributed by atoms with Gasteiger partial charge in [0, 0.05) is 43.5 Å². The van der Waals surface area contributed by atoms with E-state index in [1.54, 1.807) is 12.1 Å². The Morgan fingerprint density at radius 3 is 2.73 bits per heavy atom. The zero-order valence-electron chi connectivity index (χ0n) is 22.7. The second kappa shape index (κ2) is 9.62. The number of piperidine rings is 1. The van der Waals surface area contributed by atoms with Gasteiger partial charge in [-0.3, -0.25) is 14.5 Å². The van der Waals surface area contributed by atoms with E-state index in [1.165, 1.54) is 18.1 Å². The molecule has 2 bridgehead atoms. The molecule has 40 heavy (non-hydrogen) atoms. The minimum Gasteiger partial charge on any atom is -0.483 e. The number of carbonyl (C=O) groups excluding carboxylic acids is 2. The van der Waals surface area contributed by atoms with Crippen LogP contribution in [-0.4, -0.2) is 71.2 Å². The summed E-state index contributed by atoms with van der Waals surface area (Å²) < 4.78 is 12.5. The predicted molar refractivity (Wildman–Crippen MR) is 151 cm³/mol. The minimum absolute atomic E-state index is 0.00532. The van der Waals surface area contributed by atoms with Crippen molar-refractivity contribution in [3.8, 4) is 11.5 Å². The van der Waals surface area contributed by atoms with Gasteiger partial charge < -0.3 is 19.5 Å². The van der Waals surface area contributed by atoms with Crippen molar-refractivity contribution in [1.29, 1.82) is 0 Å². The standard InChI is InChI=1S/C31H34Cl2N2O5/c1-16(36)39-26-8-4-18-13-24-20-5-7-23(34(2)27(38)12-17-3-6-21(32)22(33)11-17)30-31(20,28(18)29(26)40-30)9-10-35(24)15-19-14-25(19)37/h3-4,6,8,11,19-20,23-25,30,37H,5,7,9-10,12-15H2,1-2H3/t19?,20-,23-,24+,25?,30-,31-/m0/s1. The van der Waals surface area contributed by atoms with Crippen LogP contribution in [0.5, 0.6) is 11.5 Å². The van der Waals surface area contributed by atoms with E-state index < -0.39 is 0 Å². The van der Waals surface area contributed by atoms with Gasteiger partial charge in [0.05, 0.1) is 28.6 Å². The number of esters is 1. The van der Waals surface area contributed by atoms with Gasteiger partial charge in [-0.1, -0.05) is 35.3 Å². The highest BCUT2D eigenvalue weighted by molar-refractivity contribution is 6.42. The van der Waals surface area contributed by atoms with Crippen LogP contribution in [0.1, 0.15) is 49.3 Å². The number of benzene rings is 2. The van der Waals surface area contributed by atoms with E-state index >= 15 is 0 Å². The first kappa shape index (κ1) is 26.6. The van der Waals surface area contributed by atoms with Gasteiger partial charge in [-0.15, -0.1) is 0 Å². The van der Waals surface area contributed by atoms with E-state index in [0.717, 1.165) is 50.8 Å². The number of rotatable bonds is 6. The van der Waals surface area contributed by atoms with Gasteiger partial charge in [-0.05, 0) is 73.9 Å². The maximum atomic E-state index is 13.6. The third-order valence-corrected chi connectivity index (χ3v) is 11.0. The largest absolute Gasteiger partial charge is 0.483 e. The molecule has 1 N–H and O–H groups in total. The van der Waals surface area contributed by atoms with E-state index in [2.05, 4.69) is 11.0 Å². The van der Waals surface area contributed by atoms with Crippen LogP contribution in [0.4, 0.5) is 0 Å². The smallest absolute Gasteiger partial charge is 0.308 e. The zero-order valence-corrected chi connectivity index (χ0v) is 24.3. The van der Waals surface area contributed by atoms with Gasteiger partial charge >= 0.3 is 5.97 Å². The summed E-state index contributed by atoms with van der Waals surface area (Å²) in [5.41, 5.74) is 3.02. The van der Waals surface area contributed by atoms with E-state index in [0.29, 0.717) is 39.4 Å². The van der Waals surface area contributed by atoms with Crippen molar-refractivity contribution in [2.24, 2.45) is 11.8 Å². The molecule has 1 spiro atoms. The summed E-state index contributed by atoms with van der Waals surface area (Å²) in [5.74, 6) is 1.53. The molecule has 7 atom stereocenters. The Hall–Kier alpha value is -2.32. The summed E-state index contributed by atoms with van der Waals surface area (Å²) >= 11 is 12.3. The molecule has 7 nitrogen and oxygen atoms in total. The van der Waals surface area contributed by atoms with Crippen molar-refractivity contribution in [1.82, 2.24) is 9.80 Å². The molecule has 2 aliphatic heterocycles. The highest BCUT2D eigenvalue weighted by Gasteiger charge is 2.66. The van der Waals surface area contributed by atoms with Gasteiger partial charge in [0.25, 0.3) is 0 Å². The normalized spacial score (nSPS) is 33.1. The number of likely N-dealkylation sites (tertiary alicyclic amines) is 1. The highest BCUT2D eigenvalue weighted by Crippen LogP contribution is 2.64. The summed E-state index contributed by atoms with van der Waals surface area (Å²) in [7, 11) is 1.88. The van der Waals surface area contributed by atoms with E-state index in [-0.39, 0.29) is 42.0 Å². The number of nitrogens with zero attached hydrogens (tertiary/aromatic N) is 2. The lowest BCUT2D eigenvalue weighted by Gasteiger charge is -2.60. The van der Waals surface area contributed by atoms with Gasteiger partial charge in [0.15, 0.2) is 11.5 Å². The number of hydrogen-bond donors (Lipinski definition) is 1. The van der Waals surface area contributed by atoms with Crippen LogP contribution in [0.25, 0.3) is 0 Å². The maximum absolute atomic E-state index is 13.6. The van der Waals surface area contributed by atoms with Crippen LogP contribution in [0.15, 0.2) is 30.3 Å². The quantitative estimate of drug-likeness (QED) is 0.400. The Kier molecular flexibility index (Phi) is 6.39. The molecule has 7 rings (SSSR count). The lowest BCUT2D eigenvalue weighted by molar-refractivity contribution is -0.139. The van der Waals surface area contributed by atoms with Crippen molar-refractivity contribution in [2.45, 2.75) is 75.2 Å². The second-order valence-corrected chi connectivity index (χ2v) is 13.2. The highest BCUT2D eigenvalue weighted by atomic mass is 35.5. The van der Waals surface area contributed by atoms with Crippen LogP contribution in [0.3, 0.4) is 0 Å². The van der Waals surface area contributed by atoms with Crippen LogP contribution in [-0.2, 0) is 27.8 Å². The molecule has 5 aliphatic rings. The van der Waals surface area contributed by atoms with E-state index in [9.17, 15) is 14.7 Å². The summed E-state index contributed by atoms with van der Waals surface area (Å²) in [6, 6.07) is 9.53. The van der Waals surface area contributed by atoms with Crippen LogP contribution >= 0.6 is 23.2 Å². The van der Waals surface area contributed by atoms with Gasteiger partial charge in [0.2, 0.25) is 5.91 Å². The number of amides is 1. The average Bonchev–Trinajstić information content (AvgIpc) is 3.49. The van der Waals surface area contributed by atoms with Gasteiger partial charge in [0.1, 0.15) is 6.10 Å². The summed E-state index contributed by atoms with van der Waals surface area (Å²) in [6.07, 6.45) is 4.38. The fourth-order valence-electron chi connectivity index (χ4n) is 8.31. The molecule has 212 valence electrons. The average molecular weight is 586 g/mol. The summed E-state index contributed by atoms with van der Waals surface area (Å²) in [6.45, 7) is 3.27. The molecule has 2 aromatic rings. The minimum atomic E-state index is -0.374.